The van der Waals surface area contributed by atoms with Crippen LogP contribution in [-0.4, -0.2) is 35.3 Å². The van der Waals surface area contributed by atoms with Crippen LogP contribution in [0.4, 0.5) is 22.0 Å². The summed E-state index contributed by atoms with van der Waals surface area (Å²) in [6.07, 6.45) is -7.54. The number of aromatic nitrogens is 1. The van der Waals surface area contributed by atoms with Crippen molar-refractivity contribution in [1.29, 1.82) is 0 Å². The van der Waals surface area contributed by atoms with Gasteiger partial charge in [-0.2, -0.15) is 13.2 Å². The number of piperidine rings is 1. The van der Waals surface area contributed by atoms with E-state index in [9.17, 15) is 26.7 Å². The third kappa shape index (κ3) is 3.76. The number of aromatic amines is 1. The molecule has 0 radical (unpaired) electrons. The Hall–Kier alpha value is -1.19. The summed E-state index contributed by atoms with van der Waals surface area (Å²) in [6, 6.07) is 0.697. The first-order valence-electron chi connectivity index (χ1n) is 6.19. The molecule has 0 saturated carbocycles. The Balaban J connectivity index is 0.00000242. The maximum absolute atomic E-state index is 13.8. The summed E-state index contributed by atoms with van der Waals surface area (Å²) < 4.78 is 65.0. The standard InChI is InChI=1S/C12H13F5N2O2.ClH/c13-11(14)1-2-18-5-8(11)6-3-7(10(21)19-4-6)9(20)12(15,16)17;/h3-4,8-9,18,20H,1-2,5H2,(H,19,21);1H. The van der Waals surface area contributed by atoms with E-state index in [4.69, 9.17) is 5.11 Å². The summed E-state index contributed by atoms with van der Waals surface area (Å²) in [6.45, 7) is -0.0223. The van der Waals surface area contributed by atoms with Crippen molar-refractivity contribution in [1.82, 2.24) is 10.3 Å². The van der Waals surface area contributed by atoms with Crippen LogP contribution < -0.4 is 10.9 Å². The number of nitrogens with one attached hydrogen (secondary N) is 2. The number of hydrogen-bond donors (Lipinski definition) is 3. The molecule has 0 aliphatic carbocycles. The first kappa shape index (κ1) is 18.9. The molecule has 0 spiro atoms. The molecule has 22 heavy (non-hydrogen) atoms. The van der Waals surface area contributed by atoms with Crippen LogP contribution in [0, 0.1) is 0 Å². The minimum atomic E-state index is -5.04. The predicted molar refractivity (Wildman–Crippen MR) is 70.5 cm³/mol. The highest BCUT2D eigenvalue weighted by Gasteiger charge is 2.44. The normalized spacial score (nSPS) is 22.7. The fourth-order valence-corrected chi connectivity index (χ4v) is 2.29. The first-order valence-corrected chi connectivity index (χ1v) is 6.19. The summed E-state index contributed by atoms with van der Waals surface area (Å²) in [4.78, 5) is 13.4. The molecule has 1 saturated heterocycles. The second kappa shape index (κ2) is 6.51. The Morgan fingerprint density at radius 3 is 2.55 bits per heavy atom. The minimum Gasteiger partial charge on any atom is -0.379 e. The van der Waals surface area contributed by atoms with Crippen LogP contribution in [0.1, 0.15) is 29.6 Å². The van der Waals surface area contributed by atoms with E-state index in [-0.39, 0.29) is 31.1 Å². The van der Waals surface area contributed by atoms with Crippen molar-refractivity contribution in [2.24, 2.45) is 0 Å². The number of rotatable bonds is 2. The Kier molecular flexibility index (Phi) is 5.58. The number of aliphatic hydroxyl groups excluding tert-OH is 1. The van der Waals surface area contributed by atoms with Crippen molar-refractivity contribution >= 4 is 12.4 Å². The molecule has 2 rings (SSSR count). The topological polar surface area (TPSA) is 65.1 Å². The zero-order chi connectivity index (χ0) is 15.8. The van der Waals surface area contributed by atoms with Gasteiger partial charge in [0, 0.05) is 25.7 Å². The molecular weight excluding hydrogens is 335 g/mol. The molecule has 2 unspecified atom stereocenters. The second-order valence-electron chi connectivity index (χ2n) is 4.93. The van der Waals surface area contributed by atoms with Crippen molar-refractivity contribution in [2.75, 3.05) is 13.1 Å². The molecule has 4 nitrogen and oxygen atoms in total. The van der Waals surface area contributed by atoms with E-state index in [2.05, 4.69) is 5.32 Å². The minimum absolute atomic E-state index is 0. The molecule has 2 atom stereocenters. The second-order valence-corrected chi connectivity index (χ2v) is 4.93. The maximum Gasteiger partial charge on any atom is 0.418 e. The van der Waals surface area contributed by atoms with Gasteiger partial charge in [-0.25, -0.2) is 8.78 Å². The molecule has 1 aromatic heterocycles. The zero-order valence-electron chi connectivity index (χ0n) is 11.1. The molecule has 3 N–H and O–H groups in total. The van der Waals surface area contributed by atoms with Gasteiger partial charge in [0.25, 0.3) is 11.5 Å². The molecule has 126 valence electrons. The SMILES string of the molecule is Cl.O=c1[nH]cc(C2CNCCC2(F)F)cc1C(O)C(F)(F)F. The van der Waals surface area contributed by atoms with Crippen molar-refractivity contribution < 1.29 is 27.1 Å². The Morgan fingerprint density at radius 1 is 1.36 bits per heavy atom. The molecule has 1 aliphatic heterocycles. The monoisotopic (exact) mass is 348 g/mol. The summed E-state index contributed by atoms with van der Waals surface area (Å²) >= 11 is 0. The highest BCUT2D eigenvalue weighted by molar-refractivity contribution is 5.85. The summed E-state index contributed by atoms with van der Waals surface area (Å²) in [5.74, 6) is -4.45. The predicted octanol–water partition coefficient (Wildman–Crippen LogP) is 2.10. The van der Waals surface area contributed by atoms with Crippen molar-refractivity contribution in [2.45, 2.75) is 30.5 Å². The molecule has 1 aromatic rings. The number of pyridine rings is 1. The lowest BCUT2D eigenvalue weighted by Gasteiger charge is -2.32. The van der Waals surface area contributed by atoms with E-state index in [1.54, 1.807) is 0 Å². The highest BCUT2D eigenvalue weighted by Crippen LogP contribution is 2.38. The van der Waals surface area contributed by atoms with Crippen LogP contribution in [0.3, 0.4) is 0 Å². The lowest BCUT2D eigenvalue weighted by atomic mass is 9.88. The fraction of sp³-hybridized carbons (Fsp3) is 0.583. The average Bonchev–Trinajstić information content (AvgIpc) is 2.37. The van der Waals surface area contributed by atoms with Gasteiger partial charge in [0.05, 0.1) is 11.5 Å². The average molecular weight is 349 g/mol. The zero-order valence-corrected chi connectivity index (χ0v) is 11.9. The van der Waals surface area contributed by atoms with Gasteiger partial charge in [0.15, 0.2) is 6.10 Å². The van der Waals surface area contributed by atoms with Crippen molar-refractivity contribution in [3.63, 3.8) is 0 Å². The third-order valence-corrected chi connectivity index (χ3v) is 3.45. The number of H-pyrrole nitrogens is 1. The van der Waals surface area contributed by atoms with Gasteiger partial charge in [0.2, 0.25) is 0 Å². The van der Waals surface area contributed by atoms with Crippen LogP contribution in [-0.2, 0) is 0 Å². The van der Waals surface area contributed by atoms with E-state index >= 15 is 0 Å². The molecule has 10 heteroatoms. The van der Waals surface area contributed by atoms with Crippen LogP contribution in [0.5, 0.6) is 0 Å². The number of hydrogen-bond acceptors (Lipinski definition) is 3. The quantitative estimate of drug-likeness (QED) is 0.717. The number of alkyl halides is 5. The van der Waals surface area contributed by atoms with Crippen LogP contribution >= 0.6 is 12.4 Å². The lowest BCUT2D eigenvalue weighted by molar-refractivity contribution is -0.207. The summed E-state index contributed by atoms with van der Waals surface area (Å²) in [5, 5.41) is 11.9. The molecular formula is C12H14ClF5N2O2. The lowest BCUT2D eigenvalue weighted by Crippen LogP contribution is -2.43. The van der Waals surface area contributed by atoms with E-state index in [0.717, 1.165) is 6.20 Å². The third-order valence-electron chi connectivity index (χ3n) is 3.45. The highest BCUT2D eigenvalue weighted by atomic mass is 35.5. The molecule has 1 fully saturated rings. The molecule has 0 amide bonds. The van der Waals surface area contributed by atoms with Gasteiger partial charge in [-0.15, -0.1) is 12.4 Å². The molecule has 1 aliphatic rings. The summed E-state index contributed by atoms with van der Waals surface area (Å²) in [7, 11) is 0. The van der Waals surface area contributed by atoms with Crippen molar-refractivity contribution in [3.8, 4) is 0 Å². The maximum atomic E-state index is 13.8. The van der Waals surface area contributed by atoms with E-state index in [0.29, 0.717) is 6.07 Å². The van der Waals surface area contributed by atoms with Crippen molar-refractivity contribution in [3.05, 3.63) is 33.7 Å². The Morgan fingerprint density at radius 2 is 2.00 bits per heavy atom. The molecule has 2 heterocycles. The fourth-order valence-electron chi connectivity index (χ4n) is 2.29. The van der Waals surface area contributed by atoms with Crippen LogP contribution in [0.2, 0.25) is 0 Å². The van der Waals surface area contributed by atoms with Gasteiger partial charge >= 0.3 is 6.18 Å². The number of aliphatic hydroxyl groups is 1. The van der Waals surface area contributed by atoms with Gasteiger partial charge < -0.3 is 15.4 Å². The van der Waals surface area contributed by atoms with E-state index < -0.39 is 41.7 Å². The van der Waals surface area contributed by atoms with Crippen LogP contribution in [0.15, 0.2) is 17.1 Å². The Labute approximate surface area is 128 Å². The molecule has 0 bridgehead atoms. The van der Waals surface area contributed by atoms with Gasteiger partial charge in [0.1, 0.15) is 0 Å². The first-order chi connectivity index (χ1) is 9.63. The summed E-state index contributed by atoms with van der Waals surface area (Å²) in [5.41, 5.74) is -2.29. The van der Waals surface area contributed by atoms with E-state index in [1.165, 1.54) is 0 Å². The Bertz CT molecular complexity index is 575. The number of halogens is 6. The smallest absolute Gasteiger partial charge is 0.379 e. The van der Waals surface area contributed by atoms with Gasteiger partial charge in [-0.1, -0.05) is 0 Å². The van der Waals surface area contributed by atoms with Gasteiger partial charge in [-0.3, -0.25) is 4.79 Å². The van der Waals surface area contributed by atoms with Crippen LogP contribution in [0.25, 0.3) is 0 Å². The van der Waals surface area contributed by atoms with E-state index in [1.807, 2.05) is 4.98 Å². The molecule has 0 aromatic carbocycles. The van der Waals surface area contributed by atoms with Gasteiger partial charge in [-0.05, 0) is 11.6 Å². The largest absolute Gasteiger partial charge is 0.418 e.